The number of nitrogens with zero attached hydrogens (tertiary/aromatic N) is 3. The van der Waals surface area contributed by atoms with Crippen molar-refractivity contribution in [3.05, 3.63) is 59.9 Å². The lowest BCUT2D eigenvalue weighted by Crippen LogP contribution is -2.48. The summed E-state index contributed by atoms with van der Waals surface area (Å²) in [5.41, 5.74) is 2.01. The molecule has 1 aliphatic carbocycles. The van der Waals surface area contributed by atoms with Gasteiger partial charge in [0.15, 0.2) is 0 Å². The molecule has 1 saturated carbocycles. The van der Waals surface area contributed by atoms with E-state index in [1.54, 1.807) is 29.0 Å². The van der Waals surface area contributed by atoms with Crippen LogP contribution in [0.1, 0.15) is 29.6 Å². The molecule has 1 heterocycles. The van der Waals surface area contributed by atoms with Crippen molar-refractivity contribution in [3.63, 3.8) is 0 Å². The van der Waals surface area contributed by atoms with Crippen molar-refractivity contribution >= 4 is 29.1 Å². The maximum absolute atomic E-state index is 13.5. The van der Waals surface area contributed by atoms with E-state index in [0.717, 1.165) is 24.9 Å². The molecular formula is C27H33FN4O4. The first-order valence-electron chi connectivity index (χ1n) is 12.4. The predicted octanol–water partition coefficient (Wildman–Crippen LogP) is 3.00. The second kappa shape index (κ2) is 12.0. The molecule has 0 radical (unpaired) electrons. The first-order valence-corrected chi connectivity index (χ1v) is 12.4. The van der Waals surface area contributed by atoms with Crippen molar-refractivity contribution < 1.29 is 23.5 Å². The maximum atomic E-state index is 13.5. The van der Waals surface area contributed by atoms with Gasteiger partial charge in [-0.1, -0.05) is 12.5 Å². The zero-order valence-electron chi connectivity index (χ0n) is 20.6. The lowest BCUT2D eigenvalue weighted by Gasteiger charge is -2.36. The highest BCUT2D eigenvalue weighted by Crippen LogP contribution is 2.28. The zero-order chi connectivity index (χ0) is 25.5. The van der Waals surface area contributed by atoms with E-state index < -0.39 is 5.82 Å². The highest BCUT2D eigenvalue weighted by atomic mass is 19.1. The Labute approximate surface area is 211 Å². The summed E-state index contributed by atoms with van der Waals surface area (Å²) < 4.78 is 18.6. The summed E-state index contributed by atoms with van der Waals surface area (Å²) in [4.78, 5) is 43.4. The minimum Gasteiger partial charge on any atom is -0.383 e. The number of nitrogens with one attached hydrogen (secondary N) is 1. The monoisotopic (exact) mass is 496 g/mol. The SMILES string of the molecule is COCCN(CC(=O)Nc1ccc(N2CCN(C(=O)c3cccc(F)c3)CC2)cc1)C(=O)C1CCC1. The number of carbonyl (C=O) groups is 3. The molecule has 0 bridgehead atoms. The van der Waals surface area contributed by atoms with E-state index >= 15 is 0 Å². The average Bonchev–Trinajstić information content (AvgIpc) is 2.85. The van der Waals surface area contributed by atoms with E-state index in [-0.39, 0.29) is 30.2 Å². The lowest BCUT2D eigenvalue weighted by atomic mass is 9.84. The summed E-state index contributed by atoms with van der Waals surface area (Å²) in [6.45, 7) is 3.19. The average molecular weight is 497 g/mol. The molecule has 1 aliphatic heterocycles. The number of halogens is 1. The van der Waals surface area contributed by atoms with Gasteiger partial charge in [0, 0.05) is 62.7 Å². The van der Waals surface area contributed by atoms with Crippen LogP contribution >= 0.6 is 0 Å². The number of benzene rings is 2. The molecule has 2 aliphatic rings. The second-order valence-corrected chi connectivity index (χ2v) is 9.27. The molecule has 36 heavy (non-hydrogen) atoms. The molecule has 9 heteroatoms. The van der Waals surface area contributed by atoms with Crippen molar-refractivity contribution in [2.45, 2.75) is 19.3 Å². The molecule has 8 nitrogen and oxygen atoms in total. The Morgan fingerprint density at radius 2 is 1.78 bits per heavy atom. The molecular weight excluding hydrogens is 463 g/mol. The number of amides is 3. The Kier molecular flexibility index (Phi) is 8.53. The van der Waals surface area contributed by atoms with Crippen molar-refractivity contribution in [1.82, 2.24) is 9.80 Å². The normalized spacial score (nSPS) is 15.8. The van der Waals surface area contributed by atoms with Crippen molar-refractivity contribution in [1.29, 1.82) is 0 Å². The van der Waals surface area contributed by atoms with Crippen molar-refractivity contribution in [2.24, 2.45) is 5.92 Å². The number of hydrogen-bond acceptors (Lipinski definition) is 5. The van der Waals surface area contributed by atoms with Gasteiger partial charge in [0.05, 0.1) is 13.2 Å². The molecule has 2 aromatic rings. The fourth-order valence-corrected chi connectivity index (χ4v) is 4.48. The van der Waals surface area contributed by atoms with Crippen molar-refractivity contribution in [3.8, 4) is 0 Å². The third-order valence-electron chi connectivity index (χ3n) is 6.82. The largest absolute Gasteiger partial charge is 0.383 e. The standard InChI is InChI=1S/C27H33FN4O4/c1-36-17-16-32(26(34)20-4-2-5-20)19-25(33)29-23-8-10-24(11-9-23)30-12-14-31(15-13-30)27(35)21-6-3-7-22(28)18-21/h3,6-11,18,20H,2,4-5,12-17,19H2,1H3,(H,29,33). The van der Waals surface area contributed by atoms with E-state index in [1.807, 2.05) is 24.3 Å². The summed E-state index contributed by atoms with van der Waals surface area (Å²) in [6.07, 6.45) is 2.84. The fraction of sp³-hybridized carbons (Fsp3) is 0.444. The molecule has 4 rings (SSSR count). The Morgan fingerprint density at radius 1 is 1.06 bits per heavy atom. The van der Waals surface area contributed by atoms with Gasteiger partial charge in [-0.3, -0.25) is 14.4 Å². The van der Waals surface area contributed by atoms with Gasteiger partial charge in [-0.25, -0.2) is 4.39 Å². The number of anilines is 2. The number of rotatable bonds is 9. The molecule has 0 aromatic heterocycles. The maximum Gasteiger partial charge on any atom is 0.254 e. The fourth-order valence-electron chi connectivity index (χ4n) is 4.48. The van der Waals surface area contributed by atoms with E-state index in [9.17, 15) is 18.8 Å². The smallest absolute Gasteiger partial charge is 0.254 e. The lowest BCUT2D eigenvalue weighted by molar-refractivity contribution is -0.141. The number of hydrogen-bond donors (Lipinski definition) is 1. The van der Waals surface area contributed by atoms with Gasteiger partial charge >= 0.3 is 0 Å². The summed E-state index contributed by atoms with van der Waals surface area (Å²) in [7, 11) is 1.58. The predicted molar refractivity (Wildman–Crippen MR) is 135 cm³/mol. The first-order chi connectivity index (χ1) is 17.4. The topological polar surface area (TPSA) is 82.2 Å². The van der Waals surface area contributed by atoms with Crippen LogP contribution in [0.3, 0.4) is 0 Å². The molecule has 0 atom stereocenters. The summed E-state index contributed by atoms with van der Waals surface area (Å²) in [5, 5.41) is 2.88. The van der Waals surface area contributed by atoms with E-state index in [4.69, 9.17) is 4.74 Å². The van der Waals surface area contributed by atoms with Crippen molar-refractivity contribution in [2.75, 3.05) is 63.2 Å². The molecule has 2 aromatic carbocycles. The molecule has 192 valence electrons. The quantitative estimate of drug-likeness (QED) is 0.577. The van der Waals surface area contributed by atoms with Gasteiger partial charge in [0.2, 0.25) is 11.8 Å². The highest BCUT2D eigenvalue weighted by Gasteiger charge is 2.30. The zero-order valence-corrected chi connectivity index (χ0v) is 20.6. The van der Waals surface area contributed by atoms with Gasteiger partial charge in [0.25, 0.3) is 5.91 Å². The van der Waals surface area contributed by atoms with Crippen LogP contribution in [-0.4, -0.2) is 80.5 Å². The summed E-state index contributed by atoms with van der Waals surface area (Å²) in [5.74, 6) is -0.768. The first kappa shape index (κ1) is 25.6. The Morgan fingerprint density at radius 3 is 2.39 bits per heavy atom. The van der Waals surface area contributed by atoms with Gasteiger partial charge in [-0.05, 0) is 55.3 Å². The summed E-state index contributed by atoms with van der Waals surface area (Å²) >= 11 is 0. The third-order valence-corrected chi connectivity index (χ3v) is 6.82. The highest BCUT2D eigenvalue weighted by molar-refractivity contribution is 5.95. The van der Waals surface area contributed by atoms with Gasteiger partial charge in [0.1, 0.15) is 5.82 Å². The number of piperazine rings is 1. The Balaban J connectivity index is 1.27. The minimum atomic E-state index is -0.417. The van der Waals surface area contributed by atoms with Crippen LogP contribution < -0.4 is 10.2 Å². The van der Waals surface area contributed by atoms with Gasteiger partial charge in [-0.15, -0.1) is 0 Å². The van der Waals surface area contributed by atoms with Crippen LogP contribution in [0.25, 0.3) is 0 Å². The number of ether oxygens (including phenoxy) is 1. The van der Waals surface area contributed by atoms with Crippen LogP contribution in [0, 0.1) is 11.7 Å². The molecule has 1 saturated heterocycles. The third kappa shape index (κ3) is 6.40. The molecule has 0 spiro atoms. The van der Waals surface area contributed by atoms with Crippen LogP contribution in [0.2, 0.25) is 0 Å². The molecule has 0 unspecified atom stereocenters. The Hall–Kier alpha value is -3.46. The Bertz CT molecular complexity index is 1070. The molecule has 2 fully saturated rings. The second-order valence-electron chi connectivity index (χ2n) is 9.27. The van der Waals surface area contributed by atoms with E-state index in [2.05, 4.69) is 10.2 Å². The van der Waals surface area contributed by atoms with E-state index in [1.165, 1.54) is 12.1 Å². The van der Waals surface area contributed by atoms with Gasteiger partial charge < -0.3 is 24.8 Å². The van der Waals surface area contributed by atoms with E-state index in [0.29, 0.717) is 50.6 Å². The van der Waals surface area contributed by atoms with Crippen LogP contribution in [0.4, 0.5) is 15.8 Å². The van der Waals surface area contributed by atoms with Gasteiger partial charge in [-0.2, -0.15) is 0 Å². The number of methoxy groups -OCH3 is 1. The van der Waals surface area contributed by atoms with Crippen LogP contribution in [0.15, 0.2) is 48.5 Å². The van der Waals surface area contributed by atoms with Crippen LogP contribution in [0.5, 0.6) is 0 Å². The number of carbonyl (C=O) groups excluding carboxylic acids is 3. The molecule has 3 amide bonds. The summed E-state index contributed by atoms with van der Waals surface area (Å²) in [6, 6.07) is 13.3. The van der Waals surface area contributed by atoms with Crippen LogP contribution in [-0.2, 0) is 14.3 Å². The molecule has 1 N–H and O–H groups in total. The minimum absolute atomic E-state index is 0.00173.